The Labute approximate surface area is 123 Å². The third-order valence-electron chi connectivity index (χ3n) is 3.45. The second-order valence-corrected chi connectivity index (χ2v) is 5.16. The predicted octanol–water partition coefficient (Wildman–Crippen LogP) is 0.925. The zero-order chi connectivity index (χ0) is 16.5. The molecule has 0 saturated carbocycles. The molecule has 1 aromatic rings. The zero-order valence-electron chi connectivity index (χ0n) is 11.2. The van der Waals surface area contributed by atoms with Crippen molar-refractivity contribution in [2.75, 3.05) is 13.2 Å². The molecule has 0 spiro atoms. The molecule has 3 atom stereocenters. The molecule has 6 nitrogen and oxygen atoms in total. The first kappa shape index (κ1) is 16.5. The van der Waals surface area contributed by atoms with Crippen molar-refractivity contribution >= 4 is 6.09 Å². The molecule has 2 rings (SSSR count). The SMILES string of the molecule is O=C(O)N[C@H]1CC(O)(CO)CO[C@@H]1c1cc(F)c(F)cc1F. The molecule has 1 amide bonds. The Morgan fingerprint density at radius 1 is 1.32 bits per heavy atom. The van der Waals surface area contributed by atoms with Gasteiger partial charge in [0.05, 0.1) is 19.3 Å². The maximum atomic E-state index is 13.8. The molecular weight excluding hydrogens is 307 g/mol. The van der Waals surface area contributed by atoms with E-state index in [0.717, 1.165) is 0 Å². The largest absolute Gasteiger partial charge is 0.465 e. The standard InChI is InChI=1S/C13H14F3NO5/c14-7-2-9(16)8(15)1-6(7)11-10(17-12(19)20)3-13(21,4-18)5-22-11/h1-2,10-11,17-18,21H,3-5H2,(H,19,20)/t10-,11+,13?/m0/s1. The lowest BCUT2D eigenvalue weighted by atomic mass is 9.87. The molecule has 1 aliphatic heterocycles. The minimum Gasteiger partial charge on any atom is -0.465 e. The van der Waals surface area contributed by atoms with Crippen molar-refractivity contribution in [2.24, 2.45) is 0 Å². The minimum atomic E-state index is -1.71. The Bertz CT molecular complexity index is 585. The van der Waals surface area contributed by atoms with Crippen molar-refractivity contribution in [2.45, 2.75) is 24.2 Å². The van der Waals surface area contributed by atoms with Crippen LogP contribution >= 0.6 is 0 Å². The summed E-state index contributed by atoms with van der Waals surface area (Å²) in [6, 6.07) is -0.240. The smallest absolute Gasteiger partial charge is 0.404 e. The van der Waals surface area contributed by atoms with Gasteiger partial charge in [0.1, 0.15) is 17.5 Å². The van der Waals surface area contributed by atoms with E-state index in [0.29, 0.717) is 12.1 Å². The molecule has 0 aliphatic carbocycles. The molecule has 0 bridgehead atoms. The average molecular weight is 321 g/mol. The van der Waals surface area contributed by atoms with E-state index < -0.39 is 54.5 Å². The number of carbonyl (C=O) groups is 1. The fourth-order valence-corrected chi connectivity index (χ4v) is 2.39. The topological polar surface area (TPSA) is 99.0 Å². The molecule has 1 saturated heterocycles. The zero-order valence-corrected chi connectivity index (χ0v) is 11.2. The maximum absolute atomic E-state index is 13.8. The van der Waals surface area contributed by atoms with E-state index >= 15 is 0 Å². The van der Waals surface area contributed by atoms with Crippen LogP contribution in [0.15, 0.2) is 12.1 Å². The molecule has 22 heavy (non-hydrogen) atoms. The summed E-state index contributed by atoms with van der Waals surface area (Å²) in [7, 11) is 0. The lowest BCUT2D eigenvalue weighted by Gasteiger charge is -2.40. The number of carboxylic acid groups (broad SMARTS) is 1. The fraction of sp³-hybridized carbons (Fsp3) is 0.462. The summed E-state index contributed by atoms with van der Waals surface area (Å²) in [6.07, 6.45) is -3.01. The number of hydrogen-bond donors (Lipinski definition) is 4. The van der Waals surface area contributed by atoms with Crippen LogP contribution in [0.2, 0.25) is 0 Å². The monoisotopic (exact) mass is 321 g/mol. The normalized spacial score (nSPS) is 28.4. The van der Waals surface area contributed by atoms with Crippen LogP contribution in [0.1, 0.15) is 18.1 Å². The van der Waals surface area contributed by atoms with Gasteiger partial charge in [0.2, 0.25) is 0 Å². The summed E-state index contributed by atoms with van der Waals surface area (Å²) in [5.74, 6) is -3.79. The lowest BCUT2D eigenvalue weighted by molar-refractivity contribution is -0.152. The molecule has 1 fully saturated rings. The fourth-order valence-electron chi connectivity index (χ4n) is 2.39. The van der Waals surface area contributed by atoms with Gasteiger partial charge in [0.15, 0.2) is 11.6 Å². The third kappa shape index (κ3) is 3.32. The summed E-state index contributed by atoms with van der Waals surface area (Å²) in [6.45, 7) is -1.11. The molecule has 4 N–H and O–H groups in total. The number of amides is 1. The summed E-state index contributed by atoms with van der Waals surface area (Å²) >= 11 is 0. The highest BCUT2D eigenvalue weighted by Crippen LogP contribution is 2.35. The van der Waals surface area contributed by atoms with Gasteiger partial charge in [-0.3, -0.25) is 0 Å². The van der Waals surface area contributed by atoms with Crippen molar-refractivity contribution < 1.29 is 38.0 Å². The molecule has 1 unspecified atom stereocenters. The Kier molecular flexibility index (Phi) is 4.59. The number of benzene rings is 1. The van der Waals surface area contributed by atoms with Crippen molar-refractivity contribution in [3.05, 3.63) is 35.1 Å². The molecule has 1 aromatic carbocycles. The van der Waals surface area contributed by atoms with Gasteiger partial charge in [-0.1, -0.05) is 0 Å². The predicted molar refractivity (Wildman–Crippen MR) is 66.6 cm³/mol. The van der Waals surface area contributed by atoms with E-state index in [-0.39, 0.29) is 12.0 Å². The van der Waals surface area contributed by atoms with Gasteiger partial charge in [-0.15, -0.1) is 0 Å². The Balaban J connectivity index is 2.35. The van der Waals surface area contributed by atoms with E-state index in [2.05, 4.69) is 0 Å². The van der Waals surface area contributed by atoms with Crippen molar-refractivity contribution in [3.8, 4) is 0 Å². The van der Waals surface area contributed by atoms with Gasteiger partial charge < -0.3 is 25.4 Å². The van der Waals surface area contributed by atoms with E-state index in [4.69, 9.17) is 14.9 Å². The highest BCUT2D eigenvalue weighted by molar-refractivity contribution is 5.65. The average Bonchev–Trinajstić information content (AvgIpc) is 2.43. The highest BCUT2D eigenvalue weighted by Gasteiger charge is 2.42. The Morgan fingerprint density at radius 2 is 1.95 bits per heavy atom. The van der Waals surface area contributed by atoms with E-state index in [9.17, 15) is 23.1 Å². The molecule has 1 aliphatic rings. The first-order valence-corrected chi connectivity index (χ1v) is 6.34. The summed E-state index contributed by atoms with van der Waals surface area (Å²) in [4.78, 5) is 10.8. The maximum Gasteiger partial charge on any atom is 0.404 e. The highest BCUT2D eigenvalue weighted by atomic mass is 19.2. The second kappa shape index (κ2) is 6.11. The van der Waals surface area contributed by atoms with Crippen molar-refractivity contribution in [1.82, 2.24) is 5.32 Å². The Hall–Kier alpha value is -1.84. The summed E-state index contributed by atoms with van der Waals surface area (Å²) in [5, 5.41) is 29.9. The third-order valence-corrected chi connectivity index (χ3v) is 3.45. The number of rotatable bonds is 3. The van der Waals surface area contributed by atoms with Crippen LogP contribution < -0.4 is 5.32 Å². The van der Waals surface area contributed by atoms with Gasteiger partial charge in [0, 0.05) is 18.1 Å². The summed E-state index contributed by atoms with van der Waals surface area (Å²) < 4.78 is 45.3. The van der Waals surface area contributed by atoms with Crippen molar-refractivity contribution in [3.63, 3.8) is 0 Å². The van der Waals surface area contributed by atoms with Crippen LogP contribution in [-0.2, 0) is 4.74 Å². The van der Waals surface area contributed by atoms with E-state index in [1.165, 1.54) is 0 Å². The number of aliphatic hydroxyl groups excluding tert-OH is 1. The van der Waals surface area contributed by atoms with Crippen LogP contribution in [0.25, 0.3) is 0 Å². The lowest BCUT2D eigenvalue weighted by Crippen LogP contribution is -2.54. The van der Waals surface area contributed by atoms with Crippen LogP contribution in [0.3, 0.4) is 0 Å². The number of ether oxygens (including phenoxy) is 1. The van der Waals surface area contributed by atoms with E-state index in [1.807, 2.05) is 5.32 Å². The quantitative estimate of drug-likeness (QED) is 0.621. The summed E-state index contributed by atoms with van der Waals surface area (Å²) in [5.41, 5.74) is -2.09. The molecule has 122 valence electrons. The van der Waals surface area contributed by atoms with Gasteiger partial charge >= 0.3 is 6.09 Å². The van der Waals surface area contributed by atoms with Gasteiger partial charge in [-0.25, -0.2) is 18.0 Å². The van der Waals surface area contributed by atoms with Gasteiger partial charge in [-0.2, -0.15) is 0 Å². The van der Waals surface area contributed by atoms with E-state index in [1.54, 1.807) is 0 Å². The second-order valence-electron chi connectivity index (χ2n) is 5.16. The van der Waals surface area contributed by atoms with Gasteiger partial charge in [-0.05, 0) is 6.07 Å². The number of aliphatic hydroxyl groups is 2. The van der Waals surface area contributed by atoms with Crippen LogP contribution in [0.4, 0.5) is 18.0 Å². The Morgan fingerprint density at radius 3 is 2.55 bits per heavy atom. The molecule has 0 aromatic heterocycles. The molecular formula is C13H14F3NO5. The minimum absolute atomic E-state index is 0.279. The number of nitrogens with one attached hydrogen (secondary N) is 1. The van der Waals surface area contributed by atoms with Crippen molar-refractivity contribution in [1.29, 1.82) is 0 Å². The first-order chi connectivity index (χ1) is 10.3. The van der Waals surface area contributed by atoms with Crippen LogP contribution in [0, 0.1) is 17.5 Å². The molecule has 9 heteroatoms. The van der Waals surface area contributed by atoms with Crippen LogP contribution in [0.5, 0.6) is 0 Å². The van der Waals surface area contributed by atoms with Gasteiger partial charge in [0.25, 0.3) is 0 Å². The van der Waals surface area contributed by atoms with Crippen LogP contribution in [-0.4, -0.2) is 46.3 Å². The number of halogens is 3. The number of hydrogen-bond acceptors (Lipinski definition) is 4. The first-order valence-electron chi connectivity index (χ1n) is 6.34. The molecule has 0 radical (unpaired) electrons. The molecule has 1 heterocycles.